The van der Waals surface area contributed by atoms with Gasteiger partial charge >= 0.3 is 0 Å². The third-order valence-corrected chi connectivity index (χ3v) is 4.43. The fraction of sp³-hybridized carbons (Fsp3) is 0.350. The van der Waals surface area contributed by atoms with Crippen LogP contribution < -0.4 is 4.74 Å². The number of β-amino-alcohol motifs (C(OH)–C–C–N with tert-alkyl or cyclic N) is 1. The monoisotopic (exact) mass is 359 g/mol. The van der Waals surface area contributed by atoms with E-state index in [0.717, 1.165) is 5.56 Å². The summed E-state index contributed by atoms with van der Waals surface area (Å²) >= 11 is 0. The molecule has 1 fully saturated rings. The Morgan fingerprint density at radius 2 is 2.04 bits per heavy atom. The zero-order valence-corrected chi connectivity index (χ0v) is 14.7. The van der Waals surface area contributed by atoms with Gasteiger partial charge < -0.3 is 19.5 Å². The Labute approximate surface area is 152 Å². The molecule has 0 spiro atoms. The minimum atomic E-state index is -1.14. The van der Waals surface area contributed by atoms with Gasteiger partial charge in [0.1, 0.15) is 23.8 Å². The number of likely N-dealkylation sites (tertiary alicyclic amines) is 1. The normalized spacial score (nSPS) is 19.6. The second-order valence-electron chi connectivity index (χ2n) is 6.58. The summed E-state index contributed by atoms with van der Waals surface area (Å²) in [6.07, 6.45) is 0.413. The SMILES string of the molecule is COCc1ccc(C(=O)N2CC[C@@](O)(COc3cccc(F)c3)C2)cc1. The molecular formula is C20H22FNO4. The van der Waals surface area contributed by atoms with Crippen molar-refractivity contribution in [1.82, 2.24) is 4.90 Å². The Morgan fingerprint density at radius 1 is 1.27 bits per heavy atom. The molecule has 1 amide bonds. The number of benzene rings is 2. The van der Waals surface area contributed by atoms with Crippen molar-refractivity contribution in [3.63, 3.8) is 0 Å². The molecule has 1 aliphatic rings. The molecule has 1 atom stereocenters. The molecule has 1 heterocycles. The van der Waals surface area contributed by atoms with Gasteiger partial charge in [0.15, 0.2) is 0 Å². The van der Waals surface area contributed by atoms with Crippen LogP contribution in [0.1, 0.15) is 22.3 Å². The van der Waals surface area contributed by atoms with Gasteiger partial charge in [0, 0.05) is 25.3 Å². The number of hydrogen-bond acceptors (Lipinski definition) is 4. The molecule has 0 unspecified atom stereocenters. The maximum Gasteiger partial charge on any atom is 0.253 e. The molecule has 5 nitrogen and oxygen atoms in total. The lowest BCUT2D eigenvalue weighted by molar-refractivity contribution is 0.00422. The van der Waals surface area contributed by atoms with E-state index in [9.17, 15) is 14.3 Å². The number of halogens is 1. The number of hydrogen-bond donors (Lipinski definition) is 1. The summed E-state index contributed by atoms with van der Waals surface area (Å²) in [6, 6.07) is 13.0. The highest BCUT2D eigenvalue weighted by Crippen LogP contribution is 2.25. The number of carbonyl (C=O) groups excluding carboxylic acids is 1. The molecule has 0 aliphatic carbocycles. The highest BCUT2D eigenvalue weighted by Gasteiger charge is 2.39. The van der Waals surface area contributed by atoms with Gasteiger partial charge in [-0.2, -0.15) is 0 Å². The molecule has 2 aromatic rings. The maximum atomic E-state index is 13.2. The van der Waals surface area contributed by atoms with Crippen molar-refractivity contribution in [2.45, 2.75) is 18.6 Å². The standard InChI is InChI=1S/C20H22FNO4/c1-25-12-15-5-7-16(8-6-15)19(23)22-10-9-20(24,13-22)14-26-18-4-2-3-17(21)11-18/h2-8,11,24H,9-10,12-14H2,1H3/t20-/m0/s1. The molecule has 26 heavy (non-hydrogen) atoms. The average molecular weight is 359 g/mol. The quantitative estimate of drug-likeness (QED) is 0.861. The summed E-state index contributed by atoms with van der Waals surface area (Å²) in [4.78, 5) is 14.2. The van der Waals surface area contributed by atoms with Crippen molar-refractivity contribution in [1.29, 1.82) is 0 Å². The maximum absolute atomic E-state index is 13.2. The Kier molecular flexibility index (Phi) is 5.54. The van der Waals surface area contributed by atoms with Gasteiger partial charge in [-0.3, -0.25) is 4.79 Å². The van der Waals surface area contributed by atoms with Crippen molar-refractivity contribution in [3.8, 4) is 5.75 Å². The number of rotatable bonds is 6. The van der Waals surface area contributed by atoms with Crippen LogP contribution in [0.5, 0.6) is 5.75 Å². The largest absolute Gasteiger partial charge is 0.490 e. The van der Waals surface area contributed by atoms with Crippen molar-refractivity contribution in [2.24, 2.45) is 0 Å². The molecule has 1 N–H and O–H groups in total. The van der Waals surface area contributed by atoms with E-state index in [2.05, 4.69) is 0 Å². The zero-order chi connectivity index (χ0) is 18.6. The molecule has 6 heteroatoms. The van der Waals surface area contributed by atoms with Gasteiger partial charge in [-0.05, 0) is 36.2 Å². The van der Waals surface area contributed by atoms with Crippen molar-refractivity contribution in [3.05, 3.63) is 65.5 Å². The number of carbonyl (C=O) groups is 1. The molecular weight excluding hydrogens is 337 g/mol. The zero-order valence-electron chi connectivity index (χ0n) is 14.7. The molecule has 0 bridgehead atoms. The number of methoxy groups -OCH3 is 1. The predicted molar refractivity (Wildman–Crippen MR) is 94.5 cm³/mol. The molecule has 138 valence electrons. The summed E-state index contributed by atoms with van der Waals surface area (Å²) in [6.45, 7) is 1.13. The van der Waals surface area contributed by atoms with Crippen LogP contribution in [-0.4, -0.2) is 48.3 Å². The lowest BCUT2D eigenvalue weighted by atomic mass is 10.1. The lowest BCUT2D eigenvalue weighted by Crippen LogP contribution is -2.40. The lowest BCUT2D eigenvalue weighted by Gasteiger charge is -2.23. The number of ether oxygens (including phenoxy) is 2. The van der Waals surface area contributed by atoms with E-state index < -0.39 is 11.4 Å². The Morgan fingerprint density at radius 3 is 2.73 bits per heavy atom. The summed E-state index contributed by atoms with van der Waals surface area (Å²) in [5.74, 6) is -0.165. The van der Waals surface area contributed by atoms with Gasteiger partial charge in [0.25, 0.3) is 5.91 Å². The van der Waals surface area contributed by atoms with Crippen LogP contribution in [0.25, 0.3) is 0 Å². The third kappa shape index (κ3) is 4.39. The van der Waals surface area contributed by atoms with Crippen molar-refractivity contribution < 1.29 is 23.8 Å². The minimum Gasteiger partial charge on any atom is -0.490 e. The molecule has 1 saturated heterocycles. The van der Waals surface area contributed by atoms with Crippen LogP contribution in [0.3, 0.4) is 0 Å². The average Bonchev–Trinajstić information content (AvgIpc) is 3.03. The van der Waals surface area contributed by atoms with Crippen LogP contribution >= 0.6 is 0 Å². The molecule has 0 aromatic heterocycles. The smallest absolute Gasteiger partial charge is 0.253 e. The van der Waals surface area contributed by atoms with E-state index in [4.69, 9.17) is 9.47 Å². The van der Waals surface area contributed by atoms with Crippen molar-refractivity contribution >= 4 is 5.91 Å². The highest BCUT2D eigenvalue weighted by molar-refractivity contribution is 5.94. The van der Waals surface area contributed by atoms with E-state index in [1.807, 2.05) is 12.1 Å². The molecule has 0 radical (unpaired) electrons. The second-order valence-corrected chi connectivity index (χ2v) is 6.58. The first-order valence-electron chi connectivity index (χ1n) is 8.47. The van der Waals surface area contributed by atoms with Crippen LogP contribution in [0, 0.1) is 5.82 Å². The van der Waals surface area contributed by atoms with Gasteiger partial charge in [-0.1, -0.05) is 18.2 Å². The topological polar surface area (TPSA) is 59.0 Å². The summed E-state index contributed by atoms with van der Waals surface area (Å²) < 4.78 is 23.8. The molecule has 2 aromatic carbocycles. The fourth-order valence-corrected chi connectivity index (χ4v) is 3.01. The van der Waals surface area contributed by atoms with Gasteiger partial charge in [-0.15, -0.1) is 0 Å². The van der Waals surface area contributed by atoms with Crippen LogP contribution in [0.4, 0.5) is 4.39 Å². The second kappa shape index (κ2) is 7.85. The van der Waals surface area contributed by atoms with E-state index in [1.54, 1.807) is 36.3 Å². The van der Waals surface area contributed by atoms with Crippen LogP contribution in [-0.2, 0) is 11.3 Å². The number of nitrogens with zero attached hydrogens (tertiary/aromatic N) is 1. The number of amides is 1. The fourth-order valence-electron chi connectivity index (χ4n) is 3.01. The van der Waals surface area contributed by atoms with Gasteiger partial charge in [0.2, 0.25) is 0 Å². The summed E-state index contributed by atoms with van der Waals surface area (Å²) in [5.41, 5.74) is 0.420. The van der Waals surface area contributed by atoms with E-state index in [0.29, 0.717) is 30.9 Å². The molecule has 3 rings (SSSR count). The van der Waals surface area contributed by atoms with Crippen molar-refractivity contribution in [2.75, 3.05) is 26.8 Å². The Bertz CT molecular complexity index is 765. The first kappa shape index (κ1) is 18.4. The van der Waals surface area contributed by atoms with Crippen LogP contribution in [0.15, 0.2) is 48.5 Å². The minimum absolute atomic E-state index is 0.00695. The Balaban J connectivity index is 1.58. The van der Waals surface area contributed by atoms with Crippen LogP contribution in [0.2, 0.25) is 0 Å². The molecule has 1 aliphatic heterocycles. The Hall–Kier alpha value is -2.44. The number of aliphatic hydroxyl groups is 1. The van der Waals surface area contributed by atoms with E-state index >= 15 is 0 Å². The summed E-state index contributed by atoms with van der Waals surface area (Å²) in [5, 5.41) is 10.7. The first-order valence-corrected chi connectivity index (χ1v) is 8.47. The summed E-state index contributed by atoms with van der Waals surface area (Å²) in [7, 11) is 1.62. The third-order valence-electron chi connectivity index (χ3n) is 4.43. The van der Waals surface area contributed by atoms with Gasteiger partial charge in [0.05, 0.1) is 13.2 Å². The molecule has 0 saturated carbocycles. The first-order chi connectivity index (χ1) is 12.5. The predicted octanol–water partition coefficient (Wildman–Crippen LogP) is 2.63. The van der Waals surface area contributed by atoms with Gasteiger partial charge in [-0.25, -0.2) is 4.39 Å². The van der Waals surface area contributed by atoms with E-state index in [-0.39, 0.29) is 19.1 Å². The van der Waals surface area contributed by atoms with E-state index in [1.165, 1.54) is 12.1 Å². The highest BCUT2D eigenvalue weighted by atomic mass is 19.1.